The lowest BCUT2D eigenvalue weighted by Crippen LogP contribution is -2.35. The Morgan fingerprint density at radius 1 is 1.24 bits per heavy atom. The first-order valence-corrected chi connectivity index (χ1v) is 13.2. The molecule has 3 aliphatic rings. The van der Waals surface area contributed by atoms with E-state index in [1.54, 1.807) is 18.3 Å². The molecule has 192 valence electrons. The lowest BCUT2D eigenvalue weighted by atomic mass is 9.73. The van der Waals surface area contributed by atoms with Crippen molar-refractivity contribution in [1.29, 1.82) is 5.26 Å². The van der Waals surface area contributed by atoms with E-state index in [1.807, 2.05) is 19.1 Å². The van der Waals surface area contributed by atoms with Crippen LogP contribution in [0.3, 0.4) is 0 Å². The number of nitrogens with one attached hydrogen (secondary N) is 3. The van der Waals surface area contributed by atoms with E-state index in [2.05, 4.69) is 31.8 Å². The van der Waals surface area contributed by atoms with Crippen LogP contribution >= 0.6 is 0 Å². The molecule has 1 saturated carbocycles. The molecule has 3 aromatic rings. The lowest BCUT2D eigenvalue weighted by Gasteiger charge is -2.33. The molecule has 1 aromatic carbocycles. The van der Waals surface area contributed by atoms with Crippen LogP contribution in [-0.2, 0) is 25.9 Å². The number of imidazole rings is 1. The number of phenols is 1. The van der Waals surface area contributed by atoms with Gasteiger partial charge in [-0.1, -0.05) is 6.92 Å². The summed E-state index contributed by atoms with van der Waals surface area (Å²) in [4.78, 5) is 15.1. The Hall–Kier alpha value is -3.32. The minimum atomic E-state index is -0.533. The number of H-pyrrole nitrogens is 1. The Kier molecular flexibility index (Phi) is 6.41. The fourth-order valence-electron chi connectivity index (χ4n) is 6.47. The Morgan fingerprint density at radius 2 is 2.14 bits per heavy atom. The first-order chi connectivity index (χ1) is 18.0. The lowest BCUT2D eigenvalue weighted by molar-refractivity contribution is 0.241. The smallest absolute Gasteiger partial charge is 0.165 e. The standard InChI is InChI=1S/C28H32FN7O/c1-2-17-11-26(37)22(29)12-21(17)18-3-4-20-24(10-18)34-35-27(20)28-32-23-6-8-36(15-25(23)33-28)14-16-5-7-31-19(9-16)13-30/h5,7,9,11-12,18,20,24,27,34-35,37H,2-4,6,8,10,14-15H2,1H3,(H,32,33). The summed E-state index contributed by atoms with van der Waals surface area (Å²) in [5.74, 6) is 0.879. The zero-order chi connectivity index (χ0) is 25.5. The summed E-state index contributed by atoms with van der Waals surface area (Å²) in [6.07, 6.45) is 6.30. The number of hydrogen-bond acceptors (Lipinski definition) is 7. The van der Waals surface area contributed by atoms with Crippen molar-refractivity contribution < 1.29 is 9.50 Å². The molecule has 4 heterocycles. The average molecular weight is 502 g/mol. The number of rotatable bonds is 5. The van der Waals surface area contributed by atoms with Crippen LogP contribution in [0.5, 0.6) is 5.75 Å². The SMILES string of the molecule is CCc1cc(O)c(F)cc1C1CCC2C(C1)NNC2c1nc2c([nH]1)CN(Cc1ccnc(C#N)c1)CC2. The summed E-state index contributed by atoms with van der Waals surface area (Å²) >= 11 is 0. The van der Waals surface area contributed by atoms with Gasteiger partial charge in [-0.3, -0.25) is 10.3 Å². The number of nitriles is 1. The quantitative estimate of drug-likeness (QED) is 0.421. The zero-order valence-corrected chi connectivity index (χ0v) is 21.0. The van der Waals surface area contributed by atoms with E-state index in [4.69, 9.17) is 10.2 Å². The summed E-state index contributed by atoms with van der Waals surface area (Å²) in [7, 11) is 0. The first kappa shape index (κ1) is 24.0. The molecular weight excluding hydrogens is 469 g/mol. The van der Waals surface area contributed by atoms with Crippen molar-refractivity contribution >= 4 is 0 Å². The Balaban J connectivity index is 1.13. The third kappa shape index (κ3) is 4.61. The van der Waals surface area contributed by atoms with Crippen LogP contribution in [-0.4, -0.2) is 37.5 Å². The first-order valence-electron chi connectivity index (χ1n) is 13.2. The number of pyridine rings is 1. The van der Waals surface area contributed by atoms with Crippen molar-refractivity contribution in [1.82, 2.24) is 30.7 Å². The molecule has 2 fully saturated rings. The van der Waals surface area contributed by atoms with Gasteiger partial charge < -0.3 is 10.1 Å². The topological polar surface area (TPSA) is 113 Å². The molecule has 1 aliphatic carbocycles. The van der Waals surface area contributed by atoms with Gasteiger partial charge in [0.2, 0.25) is 0 Å². The Bertz CT molecular complexity index is 1350. The summed E-state index contributed by atoms with van der Waals surface area (Å²) < 4.78 is 14.2. The minimum Gasteiger partial charge on any atom is -0.505 e. The number of phenolic OH excluding ortho intramolecular Hbond substituents is 1. The van der Waals surface area contributed by atoms with Crippen molar-refractivity contribution in [3.8, 4) is 11.8 Å². The van der Waals surface area contributed by atoms with Gasteiger partial charge in [0, 0.05) is 38.3 Å². The van der Waals surface area contributed by atoms with E-state index in [9.17, 15) is 9.50 Å². The predicted molar refractivity (Wildman–Crippen MR) is 136 cm³/mol. The normalized spacial score (nSPS) is 25.4. The highest BCUT2D eigenvalue weighted by Gasteiger charge is 2.43. The number of halogens is 1. The number of nitrogens with zero attached hydrogens (tertiary/aromatic N) is 4. The van der Waals surface area contributed by atoms with Crippen LogP contribution in [0, 0.1) is 23.1 Å². The molecular formula is C28H32FN7O. The van der Waals surface area contributed by atoms with Crippen molar-refractivity contribution in [2.75, 3.05) is 6.54 Å². The van der Waals surface area contributed by atoms with Gasteiger partial charge in [-0.05, 0) is 78.5 Å². The molecule has 4 unspecified atom stereocenters. The number of hydrogen-bond donors (Lipinski definition) is 4. The number of hydrazine groups is 1. The third-order valence-corrected chi connectivity index (χ3v) is 8.35. The maximum absolute atomic E-state index is 14.2. The maximum Gasteiger partial charge on any atom is 0.165 e. The molecule has 37 heavy (non-hydrogen) atoms. The molecule has 8 nitrogen and oxygen atoms in total. The summed E-state index contributed by atoms with van der Waals surface area (Å²) in [6, 6.07) is 9.47. The van der Waals surface area contributed by atoms with E-state index in [0.29, 0.717) is 11.6 Å². The summed E-state index contributed by atoms with van der Waals surface area (Å²) in [6.45, 7) is 4.55. The predicted octanol–water partition coefficient (Wildman–Crippen LogP) is 3.74. The monoisotopic (exact) mass is 501 g/mol. The van der Waals surface area contributed by atoms with Gasteiger partial charge in [0.15, 0.2) is 11.6 Å². The molecule has 6 rings (SSSR count). The number of aromatic hydroxyl groups is 1. The molecule has 4 N–H and O–H groups in total. The number of fused-ring (bicyclic) bond motifs is 2. The van der Waals surface area contributed by atoms with E-state index in [0.717, 1.165) is 79.9 Å². The molecule has 0 amide bonds. The summed E-state index contributed by atoms with van der Waals surface area (Å²) in [5, 5.41) is 19.0. The number of benzene rings is 1. The molecule has 4 atom stereocenters. The van der Waals surface area contributed by atoms with Crippen LogP contribution in [0.25, 0.3) is 0 Å². The Labute approximate surface area is 215 Å². The number of aryl methyl sites for hydroxylation is 1. The van der Waals surface area contributed by atoms with Crippen LogP contribution < -0.4 is 10.9 Å². The fraction of sp³-hybridized carbons (Fsp3) is 0.464. The minimum absolute atomic E-state index is 0.116. The van der Waals surface area contributed by atoms with Gasteiger partial charge >= 0.3 is 0 Å². The highest BCUT2D eigenvalue weighted by Crippen LogP contribution is 2.44. The van der Waals surface area contributed by atoms with Crippen LogP contribution in [0.4, 0.5) is 4.39 Å². The van der Waals surface area contributed by atoms with Gasteiger partial charge in [-0.15, -0.1) is 0 Å². The molecule has 2 aliphatic heterocycles. The van der Waals surface area contributed by atoms with Gasteiger partial charge in [0.1, 0.15) is 17.6 Å². The zero-order valence-electron chi connectivity index (χ0n) is 21.0. The van der Waals surface area contributed by atoms with Crippen molar-refractivity contribution in [3.05, 3.63) is 75.9 Å². The molecule has 0 radical (unpaired) electrons. The Morgan fingerprint density at radius 3 is 2.97 bits per heavy atom. The van der Waals surface area contributed by atoms with E-state index in [1.165, 1.54) is 5.69 Å². The second kappa shape index (κ2) is 9.86. The van der Waals surface area contributed by atoms with Crippen LogP contribution in [0.1, 0.15) is 77.7 Å². The fourth-order valence-corrected chi connectivity index (χ4v) is 6.47. The number of aromatic amines is 1. The summed E-state index contributed by atoms with van der Waals surface area (Å²) in [5.41, 5.74) is 12.9. The molecule has 1 saturated heterocycles. The van der Waals surface area contributed by atoms with Gasteiger partial charge in [-0.2, -0.15) is 5.26 Å². The van der Waals surface area contributed by atoms with Gasteiger partial charge in [-0.25, -0.2) is 19.8 Å². The molecule has 0 bridgehead atoms. The van der Waals surface area contributed by atoms with E-state index in [-0.39, 0.29) is 23.8 Å². The molecule has 2 aromatic heterocycles. The third-order valence-electron chi connectivity index (χ3n) is 8.35. The van der Waals surface area contributed by atoms with Gasteiger partial charge in [0.05, 0.1) is 17.4 Å². The second-order valence-corrected chi connectivity index (χ2v) is 10.6. The van der Waals surface area contributed by atoms with Crippen LogP contribution in [0.15, 0.2) is 30.5 Å². The molecule has 0 spiro atoms. The van der Waals surface area contributed by atoms with Gasteiger partial charge in [0.25, 0.3) is 0 Å². The highest BCUT2D eigenvalue weighted by atomic mass is 19.1. The van der Waals surface area contributed by atoms with E-state index >= 15 is 0 Å². The average Bonchev–Trinajstić information content (AvgIpc) is 3.53. The van der Waals surface area contributed by atoms with E-state index < -0.39 is 5.82 Å². The van der Waals surface area contributed by atoms with Crippen molar-refractivity contribution in [3.63, 3.8) is 0 Å². The highest BCUT2D eigenvalue weighted by molar-refractivity contribution is 5.39. The van der Waals surface area contributed by atoms with Crippen molar-refractivity contribution in [2.24, 2.45) is 5.92 Å². The maximum atomic E-state index is 14.2. The van der Waals surface area contributed by atoms with Crippen molar-refractivity contribution in [2.45, 2.75) is 70.1 Å². The second-order valence-electron chi connectivity index (χ2n) is 10.6. The van der Waals surface area contributed by atoms with Crippen LogP contribution in [0.2, 0.25) is 0 Å². The number of aromatic nitrogens is 3. The molecule has 9 heteroatoms. The largest absolute Gasteiger partial charge is 0.505 e.